The van der Waals surface area contributed by atoms with Crippen LogP contribution in [0.5, 0.6) is 5.88 Å². The maximum Gasteiger partial charge on any atom is 0.275 e. The third-order valence-electron chi connectivity index (χ3n) is 1.96. The summed E-state index contributed by atoms with van der Waals surface area (Å²) in [6.07, 6.45) is 4.77. The van der Waals surface area contributed by atoms with Crippen molar-refractivity contribution in [3.05, 3.63) is 42.7 Å². The van der Waals surface area contributed by atoms with Crippen LogP contribution in [0.15, 0.2) is 47.9 Å². The second kappa shape index (κ2) is 5.02. The highest BCUT2D eigenvalue weighted by molar-refractivity contribution is 5.63. The fourth-order valence-corrected chi connectivity index (χ4v) is 1.29. The minimum atomic E-state index is 0.409. The van der Waals surface area contributed by atoms with Crippen LogP contribution in [0, 0.1) is 0 Å². The first kappa shape index (κ1) is 10.3. The van der Waals surface area contributed by atoms with Gasteiger partial charge >= 0.3 is 0 Å². The van der Waals surface area contributed by atoms with Crippen LogP contribution in [0.3, 0.4) is 0 Å². The molecule has 0 amide bonds. The molecule has 1 aromatic carbocycles. The smallest absolute Gasteiger partial charge is 0.275 e. The van der Waals surface area contributed by atoms with Crippen molar-refractivity contribution in [2.24, 2.45) is 5.16 Å². The number of benzene rings is 1. The Hall–Kier alpha value is -2.23. The van der Waals surface area contributed by atoms with E-state index >= 15 is 0 Å². The zero-order chi connectivity index (χ0) is 11.2. The highest BCUT2D eigenvalue weighted by Crippen LogP contribution is 2.24. The Labute approximate surface area is 93.6 Å². The fraction of sp³-hybridized carbons (Fsp3) is 0.0833. The van der Waals surface area contributed by atoms with Crippen molar-refractivity contribution in [1.82, 2.24) is 9.97 Å². The van der Waals surface area contributed by atoms with Gasteiger partial charge in [-0.05, 0) is 6.92 Å². The highest BCUT2D eigenvalue weighted by Gasteiger charge is 2.08. The van der Waals surface area contributed by atoms with E-state index in [2.05, 4.69) is 15.1 Å². The molecular formula is C12H11N3O. The van der Waals surface area contributed by atoms with Gasteiger partial charge in [-0.2, -0.15) is 0 Å². The number of oxime groups is 1. The van der Waals surface area contributed by atoms with Gasteiger partial charge in [0.2, 0.25) is 0 Å². The molecule has 0 atom stereocenters. The molecule has 1 aromatic heterocycles. The van der Waals surface area contributed by atoms with Gasteiger partial charge in [0.1, 0.15) is 5.69 Å². The van der Waals surface area contributed by atoms with Gasteiger partial charge in [0, 0.05) is 24.2 Å². The minimum Gasteiger partial charge on any atom is -0.334 e. The average Bonchev–Trinajstić information content (AvgIpc) is 2.38. The summed E-state index contributed by atoms with van der Waals surface area (Å²) in [6, 6.07) is 9.73. The van der Waals surface area contributed by atoms with Gasteiger partial charge < -0.3 is 4.84 Å². The number of nitrogens with zero attached hydrogens (tertiary/aromatic N) is 3. The van der Waals surface area contributed by atoms with Crippen LogP contribution >= 0.6 is 0 Å². The zero-order valence-electron chi connectivity index (χ0n) is 8.87. The molecule has 1 heterocycles. The lowest BCUT2D eigenvalue weighted by atomic mass is 10.1. The van der Waals surface area contributed by atoms with Crippen molar-refractivity contribution in [3.8, 4) is 17.1 Å². The van der Waals surface area contributed by atoms with Gasteiger partial charge in [-0.15, -0.1) is 0 Å². The summed E-state index contributed by atoms with van der Waals surface area (Å²) in [7, 11) is 0. The number of hydrogen-bond acceptors (Lipinski definition) is 4. The molecule has 0 fully saturated rings. The van der Waals surface area contributed by atoms with E-state index in [1.54, 1.807) is 25.5 Å². The summed E-state index contributed by atoms with van der Waals surface area (Å²) in [5.74, 6) is 0.409. The molecule has 16 heavy (non-hydrogen) atoms. The third-order valence-corrected chi connectivity index (χ3v) is 1.96. The standard InChI is InChI=1S/C12H11N3O/c1-2-15-16-12-11(13-8-9-14-12)10-6-4-3-5-7-10/h2-9H,1H3/b15-2+. The van der Waals surface area contributed by atoms with Crippen molar-refractivity contribution >= 4 is 6.21 Å². The van der Waals surface area contributed by atoms with Crippen molar-refractivity contribution in [2.45, 2.75) is 6.92 Å². The monoisotopic (exact) mass is 213 g/mol. The van der Waals surface area contributed by atoms with Gasteiger partial charge in [0.15, 0.2) is 0 Å². The topological polar surface area (TPSA) is 47.4 Å². The van der Waals surface area contributed by atoms with Gasteiger partial charge in [-0.1, -0.05) is 35.5 Å². The number of hydrogen-bond donors (Lipinski definition) is 0. The summed E-state index contributed by atoms with van der Waals surface area (Å²) >= 11 is 0. The predicted octanol–water partition coefficient (Wildman–Crippen LogP) is 2.53. The van der Waals surface area contributed by atoms with E-state index in [-0.39, 0.29) is 0 Å². The Morgan fingerprint density at radius 1 is 1.12 bits per heavy atom. The number of aromatic nitrogens is 2. The normalized spacial score (nSPS) is 10.6. The van der Waals surface area contributed by atoms with Crippen LogP contribution in [0.4, 0.5) is 0 Å². The summed E-state index contributed by atoms with van der Waals surface area (Å²) in [4.78, 5) is 13.5. The molecule has 2 rings (SSSR count). The second-order valence-electron chi connectivity index (χ2n) is 3.03. The van der Waals surface area contributed by atoms with E-state index in [1.807, 2.05) is 30.3 Å². The van der Waals surface area contributed by atoms with Gasteiger partial charge in [0.25, 0.3) is 5.88 Å². The lowest BCUT2D eigenvalue weighted by Crippen LogP contribution is -1.93. The molecule has 0 aliphatic carbocycles. The molecule has 0 bridgehead atoms. The van der Waals surface area contributed by atoms with Gasteiger partial charge in [-0.3, -0.25) is 0 Å². The van der Waals surface area contributed by atoms with Crippen LogP contribution in [0.25, 0.3) is 11.3 Å². The maximum atomic E-state index is 5.14. The Morgan fingerprint density at radius 2 is 1.88 bits per heavy atom. The first-order chi connectivity index (χ1) is 7.92. The molecule has 80 valence electrons. The maximum absolute atomic E-state index is 5.14. The molecule has 0 spiro atoms. The van der Waals surface area contributed by atoms with Crippen LogP contribution in [0.2, 0.25) is 0 Å². The molecule has 0 saturated heterocycles. The molecule has 0 radical (unpaired) electrons. The Bertz CT molecular complexity index is 483. The summed E-state index contributed by atoms with van der Waals surface area (Å²) in [6.45, 7) is 1.78. The summed E-state index contributed by atoms with van der Waals surface area (Å²) in [5, 5.41) is 3.70. The molecule has 0 aliphatic heterocycles. The van der Waals surface area contributed by atoms with E-state index in [0.29, 0.717) is 11.6 Å². The first-order valence-corrected chi connectivity index (χ1v) is 4.93. The molecule has 0 unspecified atom stereocenters. The lowest BCUT2D eigenvalue weighted by molar-refractivity contribution is 0.329. The van der Waals surface area contributed by atoms with E-state index in [4.69, 9.17) is 4.84 Å². The van der Waals surface area contributed by atoms with Crippen LogP contribution in [0.1, 0.15) is 6.92 Å². The van der Waals surface area contributed by atoms with Crippen LogP contribution in [-0.2, 0) is 0 Å². The van der Waals surface area contributed by atoms with Crippen LogP contribution < -0.4 is 4.84 Å². The first-order valence-electron chi connectivity index (χ1n) is 4.93. The number of rotatable bonds is 3. The summed E-state index contributed by atoms with van der Waals surface area (Å²) in [5.41, 5.74) is 1.64. The fourth-order valence-electron chi connectivity index (χ4n) is 1.29. The van der Waals surface area contributed by atoms with E-state index in [0.717, 1.165) is 5.56 Å². The lowest BCUT2D eigenvalue weighted by Gasteiger charge is -2.03. The third kappa shape index (κ3) is 2.23. The molecular weight excluding hydrogens is 202 g/mol. The molecule has 2 aromatic rings. The SMILES string of the molecule is C/C=N/Oc1nccnc1-c1ccccc1. The molecule has 4 heteroatoms. The molecule has 0 N–H and O–H groups in total. The van der Waals surface area contributed by atoms with Crippen LogP contribution in [-0.4, -0.2) is 16.2 Å². The molecule has 0 saturated carbocycles. The van der Waals surface area contributed by atoms with E-state index in [9.17, 15) is 0 Å². The zero-order valence-corrected chi connectivity index (χ0v) is 8.87. The second-order valence-corrected chi connectivity index (χ2v) is 3.03. The van der Waals surface area contributed by atoms with Gasteiger partial charge in [0.05, 0.1) is 0 Å². The Balaban J connectivity index is 2.40. The van der Waals surface area contributed by atoms with Crippen molar-refractivity contribution < 1.29 is 4.84 Å². The Morgan fingerprint density at radius 3 is 2.62 bits per heavy atom. The van der Waals surface area contributed by atoms with E-state index in [1.165, 1.54) is 0 Å². The van der Waals surface area contributed by atoms with Crippen molar-refractivity contribution in [3.63, 3.8) is 0 Å². The van der Waals surface area contributed by atoms with Gasteiger partial charge in [-0.25, -0.2) is 9.97 Å². The summed E-state index contributed by atoms with van der Waals surface area (Å²) < 4.78 is 0. The van der Waals surface area contributed by atoms with Crippen molar-refractivity contribution in [2.75, 3.05) is 0 Å². The largest absolute Gasteiger partial charge is 0.334 e. The van der Waals surface area contributed by atoms with Crippen molar-refractivity contribution in [1.29, 1.82) is 0 Å². The molecule has 0 aliphatic rings. The molecule has 4 nitrogen and oxygen atoms in total. The minimum absolute atomic E-state index is 0.409. The Kier molecular flexibility index (Phi) is 3.23. The quantitative estimate of drug-likeness (QED) is 0.581. The highest BCUT2D eigenvalue weighted by atomic mass is 16.6. The average molecular weight is 213 g/mol. The van der Waals surface area contributed by atoms with E-state index < -0.39 is 0 Å². The predicted molar refractivity (Wildman–Crippen MR) is 62.3 cm³/mol.